The van der Waals surface area contributed by atoms with Gasteiger partial charge in [0.15, 0.2) is 0 Å². The van der Waals surface area contributed by atoms with E-state index in [2.05, 4.69) is 9.97 Å². The molecule has 8 heteroatoms. The van der Waals surface area contributed by atoms with Crippen molar-refractivity contribution in [2.75, 3.05) is 30.3 Å². The summed E-state index contributed by atoms with van der Waals surface area (Å²) in [5.41, 5.74) is 0.678. The third-order valence-electron chi connectivity index (χ3n) is 4.33. The van der Waals surface area contributed by atoms with Crippen LogP contribution in [0.3, 0.4) is 0 Å². The van der Waals surface area contributed by atoms with Gasteiger partial charge >= 0.3 is 0 Å². The molecule has 1 amide bonds. The standard InChI is InChI=1S/C13H18N4O3S/c1-2-21(19,20)16-7-10-3-4-17(13(18)12(10)8-16)11-5-14-9-15-6-11/h5-6,9-10,12H,2-4,7-8H2,1H3/t10-,12+/m0/s1. The van der Waals surface area contributed by atoms with Crippen molar-refractivity contribution < 1.29 is 13.2 Å². The quantitative estimate of drug-likeness (QED) is 0.791. The molecule has 1 aromatic rings. The van der Waals surface area contributed by atoms with Crippen LogP contribution in [0.1, 0.15) is 13.3 Å². The van der Waals surface area contributed by atoms with Crippen molar-refractivity contribution in [1.29, 1.82) is 0 Å². The van der Waals surface area contributed by atoms with Gasteiger partial charge in [0, 0.05) is 19.6 Å². The maximum atomic E-state index is 12.6. The first-order valence-corrected chi connectivity index (χ1v) is 8.68. The molecule has 0 aromatic carbocycles. The number of carbonyl (C=O) groups is 1. The van der Waals surface area contributed by atoms with Crippen LogP contribution < -0.4 is 4.90 Å². The number of hydrogen-bond donors (Lipinski definition) is 0. The highest BCUT2D eigenvalue weighted by Gasteiger charge is 2.46. The first-order chi connectivity index (χ1) is 10.0. The Morgan fingerprint density at radius 2 is 2.00 bits per heavy atom. The van der Waals surface area contributed by atoms with Crippen LogP contribution in [-0.2, 0) is 14.8 Å². The van der Waals surface area contributed by atoms with Gasteiger partial charge in [-0.05, 0) is 19.3 Å². The highest BCUT2D eigenvalue weighted by atomic mass is 32.2. The van der Waals surface area contributed by atoms with Gasteiger partial charge in [-0.3, -0.25) is 4.79 Å². The van der Waals surface area contributed by atoms with Crippen molar-refractivity contribution in [3.63, 3.8) is 0 Å². The molecule has 0 aliphatic carbocycles. The Labute approximate surface area is 124 Å². The lowest BCUT2D eigenvalue weighted by molar-refractivity contribution is -0.124. The van der Waals surface area contributed by atoms with Crippen LogP contribution in [0, 0.1) is 11.8 Å². The zero-order valence-corrected chi connectivity index (χ0v) is 12.7. The maximum Gasteiger partial charge on any atom is 0.231 e. The first kappa shape index (κ1) is 14.4. The fourth-order valence-corrected chi connectivity index (χ4v) is 4.28. The molecule has 0 saturated carbocycles. The van der Waals surface area contributed by atoms with E-state index in [0.29, 0.717) is 25.3 Å². The van der Waals surface area contributed by atoms with Crippen molar-refractivity contribution >= 4 is 21.6 Å². The number of rotatable bonds is 3. The highest BCUT2D eigenvalue weighted by molar-refractivity contribution is 7.89. The Kier molecular flexibility index (Phi) is 3.66. The second kappa shape index (κ2) is 5.34. The van der Waals surface area contributed by atoms with Crippen LogP contribution in [0.15, 0.2) is 18.7 Å². The number of sulfonamides is 1. The predicted molar refractivity (Wildman–Crippen MR) is 77.0 cm³/mol. The van der Waals surface area contributed by atoms with Gasteiger partial charge in [0.1, 0.15) is 6.33 Å². The summed E-state index contributed by atoms with van der Waals surface area (Å²) >= 11 is 0. The molecule has 0 N–H and O–H groups in total. The molecule has 2 saturated heterocycles. The normalized spacial score (nSPS) is 26.9. The Morgan fingerprint density at radius 1 is 1.29 bits per heavy atom. The van der Waals surface area contributed by atoms with Crippen LogP contribution in [0.4, 0.5) is 5.69 Å². The minimum Gasteiger partial charge on any atom is -0.309 e. The molecule has 7 nitrogen and oxygen atoms in total. The van der Waals surface area contributed by atoms with E-state index >= 15 is 0 Å². The topological polar surface area (TPSA) is 83.5 Å². The van der Waals surface area contributed by atoms with Gasteiger partial charge in [-0.1, -0.05) is 0 Å². The van der Waals surface area contributed by atoms with E-state index in [1.807, 2.05) is 0 Å². The Balaban J connectivity index is 1.80. The second-order valence-electron chi connectivity index (χ2n) is 5.46. The number of carbonyl (C=O) groups excluding carboxylic acids is 1. The van der Waals surface area contributed by atoms with Crippen molar-refractivity contribution in [3.05, 3.63) is 18.7 Å². The predicted octanol–water partition coefficient (Wildman–Crippen LogP) is 0.111. The van der Waals surface area contributed by atoms with Crippen LogP contribution in [0.5, 0.6) is 0 Å². The van der Waals surface area contributed by atoms with Crippen LogP contribution in [0.2, 0.25) is 0 Å². The summed E-state index contributed by atoms with van der Waals surface area (Å²) in [4.78, 5) is 22.2. The van der Waals surface area contributed by atoms with Crippen LogP contribution >= 0.6 is 0 Å². The molecular weight excluding hydrogens is 292 g/mol. The van der Waals surface area contributed by atoms with Gasteiger partial charge < -0.3 is 4.90 Å². The van der Waals surface area contributed by atoms with Crippen molar-refractivity contribution in [2.45, 2.75) is 13.3 Å². The smallest absolute Gasteiger partial charge is 0.231 e. The van der Waals surface area contributed by atoms with Gasteiger partial charge in [-0.2, -0.15) is 0 Å². The van der Waals surface area contributed by atoms with Crippen molar-refractivity contribution in [1.82, 2.24) is 14.3 Å². The largest absolute Gasteiger partial charge is 0.309 e. The minimum atomic E-state index is -3.22. The van der Waals surface area contributed by atoms with E-state index in [4.69, 9.17) is 0 Å². The average molecular weight is 310 g/mol. The number of hydrogen-bond acceptors (Lipinski definition) is 5. The van der Waals surface area contributed by atoms with Gasteiger partial charge in [0.25, 0.3) is 0 Å². The Hall–Kier alpha value is -1.54. The summed E-state index contributed by atoms with van der Waals surface area (Å²) in [6.07, 6.45) is 5.45. The van der Waals surface area contributed by atoms with Gasteiger partial charge in [0.2, 0.25) is 15.9 Å². The molecule has 2 aliphatic rings. The molecule has 0 radical (unpaired) electrons. The number of aromatic nitrogens is 2. The fourth-order valence-electron chi connectivity index (χ4n) is 3.11. The SMILES string of the molecule is CCS(=O)(=O)N1C[C@@H]2CCN(c3cncnc3)C(=O)[C@@H]2C1. The summed E-state index contributed by atoms with van der Waals surface area (Å²) in [6.45, 7) is 2.98. The lowest BCUT2D eigenvalue weighted by atomic mass is 9.88. The molecule has 3 rings (SSSR count). The van der Waals surface area contributed by atoms with Crippen molar-refractivity contribution in [3.8, 4) is 0 Å². The molecular formula is C13H18N4O3S. The molecule has 0 unspecified atom stereocenters. The molecule has 0 bridgehead atoms. The van der Waals surface area contributed by atoms with E-state index in [0.717, 1.165) is 6.42 Å². The molecule has 2 fully saturated rings. The minimum absolute atomic E-state index is 0.0187. The van der Waals surface area contributed by atoms with E-state index in [1.165, 1.54) is 10.6 Å². The molecule has 114 valence electrons. The zero-order chi connectivity index (χ0) is 15.0. The first-order valence-electron chi connectivity index (χ1n) is 7.07. The second-order valence-corrected chi connectivity index (χ2v) is 7.72. The maximum absolute atomic E-state index is 12.6. The number of amides is 1. The third-order valence-corrected chi connectivity index (χ3v) is 6.15. The summed E-state index contributed by atoms with van der Waals surface area (Å²) in [7, 11) is -3.22. The molecule has 1 aromatic heterocycles. The van der Waals surface area contributed by atoms with Gasteiger partial charge in [-0.25, -0.2) is 22.7 Å². The number of anilines is 1. The number of nitrogens with zero attached hydrogens (tertiary/aromatic N) is 4. The summed E-state index contributed by atoms with van der Waals surface area (Å²) < 4.78 is 25.4. The molecule has 2 atom stereocenters. The monoisotopic (exact) mass is 310 g/mol. The van der Waals surface area contributed by atoms with Crippen LogP contribution in [0.25, 0.3) is 0 Å². The molecule has 3 heterocycles. The Bertz CT molecular complexity index is 634. The summed E-state index contributed by atoms with van der Waals surface area (Å²) in [6, 6.07) is 0. The van der Waals surface area contributed by atoms with Crippen molar-refractivity contribution in [2.24, 2.45) is 11.8 Å². The summed E-state index contributed by atoms with van der Waals surface area (Å²) in [5, 5.41) is 0. The summed E-state index contributed by atoms with van der Waals surface area (Å²) in [5.74, 6) is -0.0634. The average Bonchev–Trinajstić information content (AvgIpc) is 2.94. The van der Waals surface area contributed by atoms with Crippen LogP contribution in [-0.4, -0.2) is 54.0 Å². The number of piperidine rings is 1. The zero-order valence-electron chi connectivity index (χ0n) is 11.8. The van der Waals surface area contributed by atoms with E-state index < -0.39 is 10.0 Å². The highest BCUT2D eigenvalue weighted by Crippen LogP contribution is 2.35. The lowest BCUT2D eigenvalue weighted by Gasteiger charge is -2.33. The van der Waals surface area contributed by atoms with Gasteiger partial charge in [-0.15, -0.1) is 0 Å². The van der Waals surface area contributed by atoms with E-state index in [-0.39, 0.29) is 23.5 Å². The third kappa shape index (κ3) is 2.53. The van der Waals surface area contributed by atoms with E-state index in [1.54, 1.807) is 24.2 Å². The lowest BCUT2D eigenvalue weighted by Crippen LogP contribution is -2.45. The number of fused-ring (bicyclic) bond motifs is 1. The van der Waals surface area contributed by atoms with Gasteiger partial charge in [0.05, 0.1) is 29.8 Å². The molecule has 2 aliphatic heterocycles. The Morgan fingerprint density at radius 3 is 2.67 bits per heavy atom. The molecule has 21 heavy (non-hydrogen) atoms. The van der Waals surface area contributed by atoms with E-state index in [9.17, 15) is 13.2 Å². The molecule has 0 spiro atoms. The fraction of sp³-hybridized carbons (Fsp3) is 0.615.